The summed E-state index contributed by atoms with van der Waals surface area (Å²) in [5.41, 5.74) is 0.676. The van der Waals surface area contributed by atoms with Gasteiger partial charge in [-0.05, 0) is 0 Å². The maximum atomic E-state index is 4.35. The second-order valence-electron chi connectivity index (χ2n) is 0.978. The summed E-state index contributed by atoms with van der Waals surface area (Å²) in [4.78, 5) is 3.64. The monoisotopic (exact) mass is 82.0 g/mol. The Morgan fingerprint density at radius 2 is 2.67 bits per heavy atom. The molecule has 3 nitrogen and oxygen atoms in total. The van der Waals surface area contributed by atoms with Crippen molar-refractivity contribution in [2.45, 2.75) is 0 Å². The standard InChI is InChI=1S/C2H3BN2O/c3-2-4-1-6-5-2/h1H,3H2. The minimum absolute atomic E-state index is 0.676. The second-order valence-corrected chi connectivity index (χ2v) is 0.978. The zero-order valence-corrected chi connectivity index (χ0v) is 3.38. The molecule has 1 aromatic rings. The summed E-state index contributed by atoms with van der Waals surface area (Å²) >= 11 is 0. The third-order valence-corrected chi connectivity index (χ3v) is 0.471. The van der Waals surface area contributed by atoms with E-state index in [1.54, 1.807) is 7.85 Å². The van der Waals surface area contributed by atoms with Crippen molar-refractivity contribution < 1.29 is 4.52 Å². The van der Waals surface area contributed by atoms with Crippen LogP contribution < -0.4 is 5.72 Å². The fourth-order valence-corrected chi connectivity index (χ4v) is 0.223. The molecule has 0 aliphatic rings. The summed E-state index contributed by atoms with van der Waals surface area (Å²) in [6, 6.07) is 0. The summed E-state index contributed by atoms with van der Waals surface area (Å²) < 4.78 is 4.35. The predicted molar refractivity (Wildman–Crippen MR) is 22.5 cm³/mol. The van der Waals surface area contributed by atoms with Gasteiger partial charge in [0.15, 0.2) is 7.85 Å². The highest BCUT2D eigenvalue weighted by Crippen LogP contribution is 1.59. The van der Waals surface area contributed by atoms with Crippen molar-refractivity contribution in [1.82, 2.24) is 10.1 Å². The molecule has 0 fully saturated rings. The first kappa shape index (κ1) is 3.40. The number of nitrogens with zero attached hydrogens (tertiary/aromatic N) is 2. The molecule has 0 aliphatic heterocycles. The molecule has 30 valence electrons. The van der Waals surface area contributed by atoms with Crippen LogP contribution in [-0.2, 0) is 0 Å². The lowest BCUT2D eigenvalue weighted by Gasteiger charge is -1.60. The molecular weight excluding hydrogens is 78.8 g/mol. The molecule has 0 amide bonds. The summed E-state index contributed by atoms with van der Waals surface area (Å²) in [5, 5.41) is 3.43. The largest absolute Gasteiger partial charge is 0.344 e. The third kappa shape index (κ3) is 0.405. The van der Waals surface area contributed by atoms with Crippen molar-refractivity contribution in [1.29, 1.82) is 0 Å². The number of rotatable bonds is 0. The molecule has 1 rings (SSSR count). The first-order valence-corrected chi connectivity index (χ1v) is 1.62. The highest BCUT2D eigenvalue weighted by molar-refractivity contribution is 6.28. The van der Waals surface area contributed by atoms with Crippen LogP contribution in [0.2, 0.25) is 0 Å². The minimum atomic E-state index is 0.676. The van der Waals surface area contributed by atoms with Crippen LogP contribution in [0.25, 0.3) is 0 Å². The SMILES string of the molecule is Bc1ncon1. The maximum Gasteiger partial charge on any atom is 0.212 e. The van der Waals surface area contributed by atoms with E-state index in [1.165, 1.54) is 6.39 Å². The zero-order valence-electron chi connectivity index (χ0n) is 3.38. The minimum Gasteiger partial charge on any atom is -0.344 e. The third-order valence-electron chi connectivity index (χ3n) is 0.471. The van der Waals surface area contributed by atoms with Gasteiger partial charge in [0.05, 0.1) is 0 Å². The number of hydrogen-bond acceptors (Lipinski definition) is 3. The van der Waals surface area contributed by atoms with Gasteiger partial charge in [0, 0.05) is 0 Å². The molecule has 6 heavy (non-hydrogen) atoms. The van der Waals surface area contributed by atoms with E-state index in [4.69, 9.17) is 0 Å². The number of hydrogen-bond donors (Lipinski definition) is 0. The molecule has 0 aliphatic carbocycles. The summed E-state index contributed by atoms with van der Waals surface area (Å²) in [7, 11) is 1.77. The van der Waals surface area contributed by atoms with Gasteiger partial charge >= 0.3 is 0 Å². The van der Waals surface area contributed by atoms with Crippen molar-refractivity contribution >= 4 is 13.6 Å². The van der Waals surface area contributed by atoms with Gasteiger partial charge in [0.1, 0.15) is 5.72 Å². The van der Waals surface area contributed by atoms with Gasteiger partial charge in [-0.15, -0.1) is 0 Å². The van der Waals surface area contributed by atoms with Crippen molar-refractivity contribution in [3.05, 3.63) is 6.39 Å². The van der Waals surface area contributed by atoms with E-state index in [9.17, 15) is 0 Å². The Morgan fingerprint density at radius 3 is 2.83 bits per heavy atom. The van der Waals surface area contributed by atoms with Crippen LogP contribution in [0, 0.1) is 0 Å². The van der Waals surface area contributed by atoms with E-state index >= 15 is 0 Å². The first-order valence-electron chi connectivity index (χ1n) is 1.62. The molecule has 0 radical (unpaired) electrons. The van der Waals surface area contributed by atoms with Gasteiger partial charge in [0.25, 0.3) is 0 Å². The van der Waals surface area contributed by atoms with Gasteiger partial charge < -0.3 is 4.52 Å². The Kier molecular flexibility index (Phi) is 0.635. The fraction of sp³-hybridized carbons (Fsp3) is 0. The lowest BCUT2D eigenvalue weighted by Crippen LogP contribution is -2.04. The molecule has 0 saturated carbocycles. The van der Waals surface area contributed by atoms with Gasteiger partial charge in [-0.3, -0.25) is 0 Å². The first-order chi connectivity index (χ1) is 2.89. The average molecular weight is 81.9 g/mol. The lowest BCUT2D eigenvalue weighted by molar-refractivity contribution is 0.421. The smallest absolute Gasteiger partial charge is 0.212 e. The molecule has 0 N–H and O–H groups in total. The molecule has 0 saturated heterocycles. The highest BCUT2D eigenvalue weighted by Gasteiger charge is 1.79. The van der Waals surface area contributed by atoms with E-state index in [0.29, 0.717) is 5.72 Å². The molecule has 1 aromatic heterocycles. The summed E-state index contributed by atoms with van der Waals surface area (Å²) in [6.07, 6.45) is 1.30. The van der Waals surface area contributed by atoms with Crippen LogP contribution in [0.4, 0.5) is 0 Å². The molecule has 0 bridgehead atoms. The Labute approximate surface area is 35.8 Å². The van der Waals surface area contributed by atoms with Crippen LogP contribution in [0.3, 0.4) is 0 Å². The molecule has 1 heterocycles. The van der Waals surface area contributed by atoms with Gasteiger partial charge in [-0.2, -0.15) is 0 Å². The molecular formula is C2H3BN2O. The van der Waals surface area contributed by atoms with Crippen LogP contribution in [0.15, 0.2) is 10.9 Å². The maximum absolute atomic E-state index is 4.35. The number of aromatic nitrogens is 2. The normalized spacial score (nSPS) is 8.67. The fourth-order valence-electron chi connectivity index (χ4n) is 0.223. The van der Waals surface area contributed by atoms with Crippen LogP contribution in [0.5, 0.6) is 0 Å². The van der Waals surface area contributed by atoms with Crippen molar-refractivity contribution in [2.24, 2.45) is 0 Å². The van der Waals surface area contributed by atoms with E-state index in [0.717, 1.165) is 0 Å². The van der Waals surface area contributed by atoms with Crippen LogP contribution in [0.1, 0.15) is 0 Å². The van der Waals surface area contributed by atoms with E-state index in [2.05, 4.69) is 14.7 Å². The van der Waals surface area contributed by atoms with E-state index < -0.39 is 0 Å². The van der Waals surface area contributed by atoms with E-state index in [1.807, 2.05) is 0 Å². The van der Waals surface area contributed by atoms with Gasteiger partial charge in [-0.25, -0.2) is 4.98 Å². The Hall–Kier alpha value is -0.795. The zero-order chi connectivity index (χ0) is 4.41. The Morgan fingerprint density at radius 1 is 1.83 bits per heavy atom. The Bertz CT molecular complexity index is 115. The van der Waals surface area contributed by atoms with Crippen LogP contribution in [-0.4, -0.2) is 18.0 Å². The second kappa shape index (κ2) is 1.12. The summed E-state index contributed by atoms with van der Waals surface area (Å²) in [5.74, 6) is 0. The van der Waals surface area contributed by atoms with E-state index in [-0.39, 0.29) is 0 Å². The van der Waals surface area contributed by atoms with Crippen LogP contribution >= 0.6 is 0 Å². The average Bonchev–Trinajstić information content (AvgIpc) is 1.86. The van der Waals surface area contributed by atoms with Gasteiger partial charge in [0.2, 0.25) is 6.39 Å². The molecule has 0 unspecified atom stereocenters. The van der Waals surface area contributed by atoms with Crippen molar-refractivity contribution in [3.63, 3.8) is 0 Å². The quantitative estimate of drug-likeness (QED) is 0.351. The van der Waals surface area contributed by atoms with Crippen molar-refractivity contribution in [2.75, 3.05) is 0 Å². The highest BCUT2D eigenvalue weighted by atomic mass is 16.5. The molecule has 0 spiro atoms. The predicted octanol–water partition coefficient (Wildman–Crippen LogP) is -1.67. The topological polar surface area (TPSA) is 38.9 Å². The molecule has 0 atom stereocenters. The Balaban J connectivity index is 3.05. The molecule has 4 heteroatoms. The van der Waals surface area contributed by atoms with Crippen molar-refractivity contribution in [3.8, 4) is 0 Å². The van der Waals surface area contributed by atoms with Gasteiger partial charge in [-0.1, -0.05) is 5.16 Å². The lowest BCUT2D eigenvalue weighted by atomic mass is 10.1. The summed E-state index contributed by atoms with van der Waals surface area (Å²) in [6.45, 7) is 0. The molecule has 0 aromatic carbocycles.